The minimum absolute atomic E-state index is 0.0297. The predicted octanol–water partition coefficient (Wildman–Crippen LogP) is 5.98. The van der Waals surface area contributed by atoms with Crippen LogP contribution in [0.2, 0.25) is 18.1 Å². The van der Waals surface area contributed by atoms with Crippen molar-refractivity contribution in [1.29, 1.82) is 0 Å². The van der Waals surface area contributed by atoms with Gasteiger partial charge in [0.25, 0.3) is 0 Å². The lowest BCUT2D eigenvalue weighted by molar-refractivity contribution is -0.163. The van der Waals surface area contributed by atoms with Gasteiger partial charge in [-0.1, -0.05) is 69.3 Å². The lowest BCUT2D eigenvalue weighted by Gasteiger charge is -2.44. The number of nitrogens with zero attached hydrogens (tertiary/aromatic N) is 1. The van der Waals surface area contributed by atoms with Gasteiger partial charge >= 0.3 is 12.1 Å². The molecule has 2 aromatic carbocycles. The Morgan fingerprint density at radius 1 is 1.00 bits per heavy atom. The van der Waals surface area contributed by atoms with Crippen LogP contribution in [0.25, 0.3) is 0 Å². The van der Waals surface area contributed by atoms with E-state index in [1.165, 1.54) is 7.11 Å². The number of carbonyl (C=O) groups is 2. The number of amides is 1. The maximum absolute atomic E-state index is 13.7. The lowest BCUT2D eigenvalue weighted by atomic mass is 9.96. The molecule has 2 aromatic rings. The average molecular weight is 558 g/mol. The van der Waals surface area contributed by atoms with Crippen molar-refractivity contribution in [3.05, 3.63) is 65.7 Å². The summed E-state index contributed by atoms with van der Waals surface area (Å²) in [5.41, 5.74) is -1.71. The van der Waals surface area contributed by atoms with Gasteiger partial charge in [-0.25, -0.2) is 9.59 Å². The van der Waals surface area contributed by atoms with Crippen molar-refractivity contribution >= 4 is 20.4 Å². The van der Waals surface area contributed by atoms with Crippen molar-refractivity contribution in [1.82, 2.24) is 4.90 Å². The van der Waals surface area contributed by atoms with Crippen molar-refractivity contribution in [3.8, 4) is 5.75 Å². The van der Waals surface area contributed by atoms with Crippen LogP contribution in [0.5, 0.6) is 5.75 Å². The van der Waals surface area contributed by atoms with Gasteiger partial charge in [-0.3, -0.25) is 4.90 Å². The monoisotopic (exact) mass is 557 g/mol. The number of esters is 1. The normalized spacial score (nSPS) is 21.9. The van der Waals surface area contributed by atoms with Crippen LogP contribution in [0.3, 0.4) is 0 Å². The number of likely N-dealkylation sites (tertiary alicyclic amines) is 1. The predicted molar refractivity (Wildman–Crippen MR) is 152 cm³/mol. The maximum atomic E-state index is 13.7. The van der Waals surface area contributed by atoms with Crippen molar-refractivity contribution in [2.45, 2.75) is 96.2 Å². The standard InChI is InChI=1S/C30H43NO7Si/c1-28(2,3)37-27(33)31-23(26(32)35-7)19-25(38-39(8,9)29(4,5)6)30(31,34)22-17-13-14-18-24(22)36-20-21-15-11-10-12-16-21/h10-18,23,25,34H,19-20H2,1-9H3/t23-,25-,30?/m0/s1. The fraction of sp³-hybridized carbons (Fsp3) is 0.533. The summed E-state index contributed by atoms with van der Waals surface area (Å²) in [5.74, 6) is -0.296. The molecule has 0 saturated carbocycles. The molecule has 9 heteroatoms. The van der Waals surface area contributed by atoms with Crippen molar-refractivity contribution in [3.63, 3.8) is 0 Å². The van der Waals surface area contributed by atoms with Crippen LogP contribution in [-0.2, 0) is 31.0 Å². The van der Waals surface area contributed by atoms with Gasteiger partial charge < -0.3 is 23.7 Å². The van der Waals surface area contributed by atoms with Crippen molar-refractivity contribution in [2.24, 2.45) is 0 Å². The summed E-state index contributed by atoms with van der Waals surface area (Å²) in [6, 6.07) is 15.5. The molecule has 1 fully saturated rings. The summed E-state index contributed by atoms with van der Waals surface area (Å²) in [4.78, 5) is 27.9. The number of methoxy groups -OCH3 is 1. The number of hydrogen-bond acceptors (Lipinski definition) is 7. The molecule has 1 aliphatic heterocycles. The number of benzene rings is 2. The van der Waals surface area contributed by atoms with Gasteiger partial charge in [-0.15, -0.1) is 0 Å². The van der Waals surface area contributed by atoms with Crippen LogP contribution in [-0.4, -0.2) is 55.2 Å². The van der Waals surface area contributed by atoms with E-state index in [9.17, 15) is 14.7 Å². The largest absolute Gasteiger partial charge is 0.488 e. The molecular formula is C30H43NO7Si. The molecule has 0 aliphatic carbocycles. The number of hydrogen-bond donors (Lipinski definition) is 1. The number of ether oxygens (including phenoxy) is 3. The van der Waals surface area contributed by atoms with E-state index in [0.717, 1.165) is 10.5 Å². The highest BCUT2D eigenvalue weighted by molar-refractivity contribution is 6.74. The van der Waals surface area contributed by atoms with Crippen LogP contribution in [0.15, 0.2) is 54.6 Å². The fourth-order valence-electron chi connectivity index (χ4n) is 4.38. The lowest BCUT2D eigenvalue weighted by Crippen LogP contribution is -2.57. The van der Waals surface area contributed by atoms with E-state index >= 15 is 0 Å². The number of aliphatic hydroxyl groups is 1. The highest BCUT2D eigenvalue weighted by Gasteiger charge is 2.62. The van der Waals surface area contributed by atoms with Gasteiger partial charge in [0.2, 0.25) is 0 Å². The molecule has 1 unspecified atom stereocenters. The van der Waals surface area contributed by atoms with E-state index in [2.05, 4.69) is 33.9 Å². The van der Waals surface area contributed by atoms with Crippen LogP contribution in [0.1, 0.15) is 59.1 Å². The Labute approximate surface area is 233 Å². The molecule has 1 aliphatic rings. The average Bonchev–Trinajstić information content (AvgIpc) is 3.13. The molecule has 1 amide bonds. The van der Waals surface area contributed by atoms with E-state index in [1.807, 2.05) is 30.3 Å². The van der Waals surface area contributed by atoms with Gasteiger partial charge in [0, 0.05) is 12.0 Å². The van der Waals surface area contributed by atoms with E-state index in [1.54, 1.807) is 45.0 Å². The van der Waals surface area contributed by atoms with Crippen molar-refractivity contribution in [2.75, 3.05) is 7.11 Å². The van der Waals surface area contributed by atoms with E-state index in [0.29, 0.717) is 11.3 Å². The molecule has 1 N–H and O–H groups in total. The second-order valence-corrected chi connectivity index (χ2v) is 17.2. The molecule has 0 aromatic heterocycles. The summed E-state index contributed by atoms with van der Waals surface area (Å²) in [7, 11) is -1.24. The maximum Gasteiger partial charge on any atom is 0.413 e. The van der Waals surface area contributed by atoms with Crippen LogP contribution >= 0.6 is 0 Å². The molecule has 0 spiro atoms. The molecular weight excluding hydrogens is 514 g/mol. The molecule has 1 saturated heterocycles. The Morgan fingerprint density at radius 3 is 2.15 bits per heavy atom. The Bertz CT molecular complexity index is 1160. The molecule has 39 heavy (non-hydrogen) atoms. The van der Waals surface area contributed by atoms with Gasteiger partial charge in [-0.05, 0) is 50.5 Å². The third-order valence-electron chi connectivity index (χ3n) is 7.39. The van der Waals surface area contributed by atoms with Crippen molar-refractivity contribution < 1.29 is 33.3 Å². The van der Waals surface area contributed by atoms with E-state index < -0.39 is 43.9 Å². The summed E-state index contributed by atoms with van der Waals surface area (Å²) < 4.78 is 23.8. The first-order valence-electron chi connectivity index (χ1n) is 13.3. The van der Waals surface area contributed by atoms with Gasteiger partial charge in [0.1, 0.15) is 30.1 Å². The molecule has 3 atom stereocenters. The molecule has 8 nitrogen and oxygen atoms in total. The topological polar surface area (TPSA) is 94.5 Å². The minimum atomic E-state index is -2.50. The fourth-order valence-corrected chi connectivity index (χ4v) is 5.70. The highest BCUT2D eigenvalue weighted by Crippen LogP contribution is 2.49. The van der Waals surface area contributed by atoms with Gasteiger partial charge in [0.05, 0.1) is 7.11 Å². The Morgan fingerprint density at radius 2 is 1.59 bits per heavy atom. The molecule has 0 radical (unpaired) electrons. The molecule has 214 valence electrons. The smallest absolute Gasteiger partial charge is 0.413 e. The Kier molecular flexibility index (Phi) is 8.89. The third kappa shape index (κ3) is 6.65. The minimum Gasteiger partial charge on any atom is -0.488 e. The quantitative estimate of drug-likeness (QED) is 0.330. The zero-order valence-electron chi connectivity index (χ0n) is 24.6. The van der Waals surface area contributed by atoms with Crippen LogP contribution < -0.4 is 4.74 Å². The molecule has 1 heterocycles. The van der Waals surface area contributed by atoms with Crippen LogP contribution in [0, 0.1) is 0 Å². The second-order valence-electron chi connectivity index (χ2n) is 12.5. The Balaban J connectivity index is 2.18. The summed E-state index contributed by atoms with van der Waals surface area (Å²) in [6.45, 7) is 15.8. The number of para-hydroxylation sites is 1. The SMILES string of the molecule is COC(=O)[C@@H]1C[C@H](O[Si](C)(C)C(C)(C)C)C(O)(c2ccccc2OCc2ccccc2)N1C(=O)OC(C)(C)C. The van der Waals surface area contributed by atoms with E-state index in [4.69, 9.17) is 18.6 Å². The molecule has 0 bridgehead atoms. The Hall–Kier alpha value is -2.88. The summed E-state index contributed by atoms with van der Waals surface area (Å²) >= 11 is 0. The van der Waals surface area contributed by atoms with Gasteiger partial charge in [0.15, 0.2) is 14.0 Å². The zero-order chi connectivity index (χ0) is 29.2. The van der Waals surface area contributed by atoms with Gasteiger partial charge in [-0.2, -0.15) is 0 Å². The zero-order valence-corrected chi connectivity index (χ0v) is 25.6. The summed E-state index contributed by atoms with van der Waals surface area (Å²) in [6.07, 6.45) is -1.77. The first kappa shape index (κ1) is 30.7. The highest BCUT2D eigenvalue weighted by atomic mass is 28.4. The number of rotatable bonds is 7. The van der Waals surface area contributed by atoms with Crippen LogP contribution in [0.4, 0.5) is 4.79 Å². The summed E-state index contributed by atoms with van der Waals surface area (Å²) in [5, 5.41) is 12.5. The first-order valence-corrected chi connectivity index (χ1v) is 16.2. The second kappa shape index (κ2) is 11.3. The third-order valence-corrected chi connectivity index (χ3v) is 11.9. The first-order chi connectivity index (χ1) is 18.0. The molecule has 3 rings (SSSR count). The van der Waals surface area contributed by atoms with E-state index in [-0.39, 0.29) is 18.1 Å². The number of carbonyl (C=O) groups excluding carboxylic acids is 2.